The summed E-state index contributed by atoms with van der Waals surface area (Å²) in [4.78, 5) is 25.4. The van der Waals surface area contributed by atoms with E-state index in [0.717, 1.165) is 31.2 Å². The minimum atomic E-state index is -0.470. The molecule has 0 spiro atoms. The summed E-state index contributed by atoms with van der Waals surface area (Å²) in [5.41, 5.74) is 6.81. The van der Waals surface area contributed by atoms with Gasteiger partial charge in [-0.15, -0.1) is 11.6 Å². The van der Waals surface area contributed by atoms with Crippen LogP contribution in [0.15, 0.2) is 24.3 Å². The van der Waals surface area contributed by atoms with Crippen molar-refractivity contribution in [2.45, 2.75) is 37.6 Å². The van der Waals surface area contributed by atoms with Crippen molar-refractivity contribution in [3.05, 3.63) is 35.4 Å². The number of nitrogens with two attached hydrogens (primary N) is 1. The second-order valence-corrected chi connectivity index (χ2v) is 5.44. The van der Waals surface area contributed by atoms with E-state index in [0.29, 0.717) is 11.4 Å². The molecule has 5 heteroatoms. The number of hydrogen-bond acceptors (Lipinski definition) is 2. The summed E-state index contributed by atoms with van der Waals surface area (Å²) >= 11 is 5.74. The van der Waals surface area contributed by atoms with Gasteiger partial charge in [-0.3, -0.25) is 9.59 Å². The van der Waals surface area contributed by atoms with E-state index in [9.17, 15) is 9.59 Å². The summed E-state index contributed by atoms with van der Waals surface area (Å²) in [7, 11) is 0. The van der Waals surface area contributed by atoms with Gasteiger partial charge >= 0.3 is 0 Å². The normalized spacial score (nSPS) is 15.2. The number of rotatable bonds is 5. The lowest BCUT2D eigenvalue weighted by Gasteiger charge is -2.27. The Bertz CT molecular complexity index is 481. The fourth-order valence-electron chi connectivity index (χ4n) is 2.65. The maximum Gasteiger partial charge on any atom is 0.254 e. The molecule has 1 aliphatic carbocycles. The first-order valence-electron chi connectivity index (χ1n) is 6.86. The van der Waals surface area contributed by atoms with Crippen LogP contribution in [0.2, 0.25) is 0 Å². The van der Waals surface area contributed by atoms with Crippen LogP contribution in [0, 0.1) is 0 Å². The lowest BCUT2D eigenvalue weighted by molar-refractivity contribution is -0.119. The standard InChI is InChI=1S/C15H19ClN2O2/c16-9-11-5-7-12(8-6-11)15(20)18(10-14(17)19)13-3-1-2-4-13/h5-8,13H,1-4,9-10H2,(H2,17,19). The van der Waals surface area contributed by atoms with E-state index < -0.39 is 5.91 Å². The van der Waals surface area contributed by atoms with Gasteiger partial charge in [0.15, 0.2) is 0 Å². The highest BCUT2D eigenvalue weighted by Crippen LogP contribution is 2.24. The van der Waals surface area contributed by atoms with Gasteiger partial charge in [0.1, 0.15) is 0 Å². The number of benzene rings is 1. The van der Waals surface area contributed by atoms with Gasteiger partial charge in [0.25, 0.3) is 5.91 Å². The molecule has 1 aliphatic rings. The van der Waals surface area contributed by atoms with Crippen LogP contribution in [0.1, 0.15) is 41.6 Å². The zero-order chi connectivity index (χ0) is 14.5. The van der Waals surface area contributed by atoms with Crippen LogP contribution < -0.4 is 5.73 Å². The molecule has 0 radical (unpaired) electrons. The Morgan fingerprint density at radius 2 is 1.80 bits per heavy atom. The van der Waals surface area contributed by atoms with E-state index in [1.807, 2.05) is 12.1 Å². The Kier molecular flexibility index (Phi) is 5.01. The molecule has 0 heterocycles. The third-order valence-corrected chi connectivity index (χ3v) is 4.02. The van der Waals surface area contributed by atoms with Crippen LogP contribution in [0.25, 0.3) is 0 Å². The van der Waals surface area contributed by atoms with Gasteiger partial charge in [-0.25, -0.2) is 0 Å². The largest absolute Gasteiger partial charge is 0.368 e. The van der Waals surface area contributed by atoms with Crippen LogP contribution in [0.4, 0.5) is 0 Å². The van der Waals surface area contributed by atoms with Gasteiger partial charge < -0.3 is 10.6 Å². The average molecular weight is 295 g/mol. The van der Waals surface area contributed by atoms with Crippen molar-refractivity contribution in [2.75, 3.05) is 6.54 Å². The number of carbonyl (C=O) groups excluding carboxylic acids is 2. The number of primary amides is 1. The van der Waals surface area contributed by atoms with E-state index in [1.54, 1.807) is 17.0 Å². The van der Waals surface area contributed by atoms with E-state index >= 15 is 0 Å². The molecule has 0 aliphatic heterocycles. The molecule has 0 aromatic heterocycles. The van der Waals surface area contributed by atoms with Crippen molar-refractivity contribution >= 4 is 23.4 Å². The maximum atomic E-state index is 12.6. The van der Waals surface area contributed by atoms with Crippen LogP contribution in [0.3, 0.4) is 0 Å². The molecule has 20 heavy (non-hydrogen) atoms. The molecule has 1 aromatic carbocycles. The molecule has 0 atom stereocenters. The van der Waals surface area contributed by atoms with Crippen LogP contribution in [-0.4, -0.2) is 29.3 Å². The predicted molar refractivity (Wildman–Crippen MR) is 78.5 cm³/mol. The highest BCUT2D eigenvalue weighted by Gasteiger charge is 2.28. The summed E-state index contributed by atoms with van der Waals surface area (Å²) < 4.78 is 0. The van der Waals surface area contributed by atoms with Crippen molar-refractivity contribution in [3.63, 3.8) is 0 Å². The van der Waals surface area contributed by atoms with Crippen molar-refractivity contribution in [2.24, 2.45) is 5.73 Å². The Morgan fingerprint density at radius 3 is 2.30 bits per heavy atom. The SMILES string of the molecule is NC(=O)CN(C(=O)c1ccc(CCl)cc1)C1CCCC1. The first-order valence-corrected chi connectivity index (χ1v) is 7.39. The number of nitrogens with zero attached hydrogens (tertiary/aromatic N) is 1. The zero-order valence-electron chi connectivity index (χ0n) is 11.3. The molecule has 0 bridgehead atoms. The molecule has 1 aromatic rings. The van der Waals surface area contributed by atoms with Crippen LogP contribution in [0.5, 0.6) is 0 Å². The highest BCUT2D eigenvalue weighted by molar-refractivity contribution is 6.17. The number of carbonyl (C=O) groups is 2. The van der Waals surface area contributed by atoms with Crippen molar-refractivity contribution in [1.82, 2.24) is 4.90 Å². The quantitative estimate of drug-likeness (QED) is 0.847. The van der Waals surface area contributed by atoms with Crippen molar-refractivity contribution in [1.29, 1.82) is 0 Å². The number of halogens is 1. The second kappa shape index (κ2) is 6.75. The van der Waals surface area contributed by atoms with Crippen molar-refractivity contribution in [3.8, 4) is 0 Å². The monoisotopic (exact) mass is 294 g/mol. The van der Waals surface area contributed by atoms with E-state index in [2.05, 4.69) is 0 Å². The van der Waals surface area contributed by atoms with Gasteiger partial charge in [0, 0.05) is 17.5 Å². The van der Waals surface area contributed by atoms with Crippen LogP contribution >= 0.6 is 11.6 Å². The molecule has 1 saturated carbocycles. The molecule has 4 nitrogen and oxygen atoms in total. The molecule has 2 rings (SSSR count). The van der Waals surface area contributed by atoms with E-state index in [4.69, 9.17) is 17.3 Å². The summed E-state index contributed by atoms with van der Waals surface area (Å²) in [5, 5.41) is 0. The molecule has 1 fully saturated rings. The number of hydrogen-bond donors (Lipinski definition) is 1. The fourth-order valence-corrected chi connectivity index (χ4v) is 2.83. The van der Waals surface area contributed by atoms with E-state index in [1.165, 1.54) is 0 Å². The highest BCUT2D eigenvalue weighted by atomic mass is 35.5. The first-order chi connectivity index (χ1) is 9.61. The zero-order valence-corrected chi connectivity index (χ0v) is 12.1. The molecular formula is C15H19ClN2O2. The van der Waals surface area contributed by atoms with Gasteiger partial charge in [-0.2, -0.15) is 0 Å². The second-order valence-electron chi connectivity index (χ2n) is 5.17. The average Bonchev–Trinajstić information content (AvgIpc) is 2.98. The lowest BCUT2D eigenvalue weighted by Crippen LogP contribution is -2.44. The van der Waals surface area contributed by atoms with Gasteiger partial charge in [0.05, 0.1) is 6.54 Å². The minimum Gasteiger partial charge on any atom is -0.368 e. The lowest BCUT2D eigenvalue weighted by atomic mass is 10.1. The number of alkyl halides is 1. The topological polar surface area (TPSA) is 63.4 Å². The molecular weight excluding hydrogens is 276 g/mol. The third-order valence-electron chi connectivity index (χ3n) is 3.71. The first kappa shape index (κ1) is 14.9. The van der Waals surface area contributed by atoms with Crippen LogP contribution in [-0.2, 0) is 10.7 Å². The molecule has 108 valence electrons. The molecule has 0 saturated heterocycles. The Hall–Kier alpha value is -1.55. The summed E-state index contributed by atoms with van der Waals surface area (Å²) in [6, 6.07) is 7.29. The van der Waals surface area contributed by atoms with Gasteiger partial charge in [-0.05, 0) is 30.5 Å². The maximum absolute atomic E-state index is 12.6. The number of amides is 2. The molecule has 2 amide bonds. The summed E-state index contributed by atoms with van der Waals surface area (Å²) in [5.74, 6) is -0.179. The molecule has 2 N–H and O–H groups in total. The van der Waals surface area contributed by atoms with Gasteiger partial charge in [0.2, 0.25) is 5.91 Å². The molecule has 0 unspecified atom stereocenters. The Balaban J connectivity index is 2.17. The predicted octanol–water partition coefficient (Wildman–Crippen LogP) is 2.30. The third kappa shape index (κ3) is 3.51. The van der Waals surface area contributed by atoms with E-state index in [-0.39, 0.29) is 18.5 Å². The van der Waals surface area contributed by atoms with Gasteiger partial charge in [-0.1, -0.05) is 25.0 Å². The summed E-state index contributed by atoms with van der Waals surface area (Å²) in [6.07, 6.45) is 4.08. The smallest absolute Gasteiger partial charge is 0.254 e. The Morgan fingerprint density at radius 1 is 1.20 bits per heavy atom. The van der Waals surface area contributed by atoms with Crippen molar-refractivity contribution < 1.29 is 9.59 Å². The summed E-state index contributed by atoms with van der Waals surface area (Å²) in [6.45, 7) is -0.0131. The fraction of sp³-hybridized carbons (Fsp3) is 0.467. The minimum absolute atomic E-state index is 0.0131. The Labute approximate surface area is 123 Å².